The van der Waals surface area contributed by atoms with Crippen LogP contribution in [0, 0.1) is 11.7 Å². The van der Waals surface area contributed by atoms with Gasteiger partial charge in [0, 0.05) is 0 Å². The third-order valence-electron chi connectivity index (χ3n) is 3.01. The molecule has 1 aromatic carbocycles. The Hall–Kier alpha value is -1.28. The van der Waals surface area contributed by atoms with Crippen molar-refractivity contribution in [3.63, 3.8) is 0 Å². The van der Waals surface area contributed by atoms with E-state index in [1.54, 1.807) is 18.2 Å². The Morgan fingerprint density at radius 3 is 2.83 bits per heavy atom. The minimum absolute atomic E-state index is 0.290. The molecule has 0 saturated heterocycles. The van der Waals surface area contributed by atoms with Gasteiger partial charge in [-0.3, -0.25) is 0 Å². The van der Waals surface area contributed by atoms with Crippen molar-refractivity contribution in [2.45, 2.75) is 18.2 Å². The molecular weight excluding hydrogens is 251 g/mol. The Kier molecular flexibility index (Phi) is 4.07. The molecule has 1 aliphatic carbocycles. The topological polar surface area (TPSA) is 9.23 Å². The van der Waals surface area contributed by atoms with E-state index in [0.29, 0.717) is 29.4 Å². The van der Waals surface area contributed by atoms with Crippen LogP contribution in [0.2, 0.25) is 0 Å². The summed E-state index contributed by atoms with van der Waals surface area (Å²) in [6.07, 6.45) is 3.94. The number of ether oxygens (including phenoxy) is 1. The minimum Gasteiger partial charge on any atom is -0.490 e. The molecule has 2 rings (SSSR count). The van der Waals surface area contributed by atoms with Gasteiger partial charge in [-0.05, 0) is 42.0 Å². The van der Waals surface area contributed by atoms with Crippen LogP contribution in [0.25, 0.3) is 0 Å². The number of benzene rings is 1. The molecule has 0 amide bonds. The van der Waals surface area contributed by atoms with E-state index >= 15 is 0 Å². The number of hydrogen-bond donors (Lipinski definition) is 0. The number of hydrogen-bond acceptors (Lipinski definition) is 1. The molecule has 1 atom stereocenters. The summed E-state index contributed by atoms with van der Waals surface area (Å²) in [6.45, 7) is 7.96. The van der Waals surface area contributed by atoms with Crippen LogP contribution < -0.4 is 4.74 Å². The van der Waals surface area contributed by atoms with Crippen LogP contribution in [0.15, 0.2) is 43.0 Å². The van der Waals surface area contributed by atoms with Crippen molar-refractivity contribution in [1.29, 1.82) is 0 Å². The lowest BCUT2D eigenvalue weighted by molar-refractivity contribution is 0.285. The monoisotopic (exact) mass is 266 g/mol. The quantitative estimate of drug-likeness (QED) is 0.538. The first-order valence-electron chi connectivity index (χ1n) is 5.99. The molecule has 0 aromatic heterocycles. The molecule has 0 heterocycles. The van der Waals surface area contributed by atoms with Crippen LogP contribution in [0.3, 0.4) is 0 Å². The Morgan fingerprint density at radius 1 is 1.56 bits per heavy atom. The Labute approximate surface area is 112 Å². The predicted octanol–water partition coefficient (Wildman–Crippen LogP) is 4.64. The molecule has 0 radical (unpaired) electrons. The maximum Gasteiger partial charge on any atom is 0.165 e. The average Bonchev–Trinajstić information content (AvgIpc) is 3.19. The van der Waals surface area contributed by atoms with E-state index in [0.717, 1.165) is 0 Å². The summed E-state index contributed by atoms with van der Waals surface area (Å²) >= 11 is 6.14. The van der Waals surface area contributed by atoms with E-state index < -0.39 is 5.38 Å². The first kappa shape index (κ1) is 13.2. The molecule has 0 bridgehead atoms. The highest BCUT2D eigenvalue weighted by Gasteiger charge is 2.22. The highest BCUT2D eigenvalue weighted by atomic mass is 35.5. The van der Waals surface area contributed by atoms with Crippen LogP contribution in [-0.2, 0) is 0 Å². The number of halogens is 2. The maximum atomic E-state index is 13.8. The fourth-order valence-electron chi connectivity index (χ4n) is 1.60. The second-order valence-corrected chi connectivity index (χ2v) is 5.02. The second kappa shape index (κ2) is 5.57. The lowest BCUT2D eigenvalue weighted by Crippen LogP contribution is -2.02. The maximum absolute atomic E-state index is 13.8. The number of alkyl halides is 1. The highest BCUT2D eigenvalue weighted by molar-refractivity contribution is 6.22. The van der Waals surface area contributed by atoms with Gasteiger partial charge in [0.1, 0.15) is 0 Å². The summed E-state index contributed by atoms with van der Waals surface area (Å²) in [5, 5.41) is -0.450. The smallest absolute Gasteiger partial charge is 0.165 e. The number of allylic oxidation sites excluding steroid dienone is 2. The largest absolute Gasteiger partial charge is 0.490 e. The summed E-state index contributed by atoms with van der Waals surface area (Å²) in [7, 11) is 0. The van der Waals surface area contributed by atoms with E-state index in [1.165, 1.54) is 18.9 Å². The molecule has 18 heavy (non-hydrogen) atoms. The van der Waals surface area contributed by atoms with Gasteiger partial charge in [-0.1, -0.05) is 25.3 Å². The summed E-state index contributed by atoms with van der Waals surface area (Å²) in [5.41, 5.74) is 1.32. The highest BCUT2D eigenvalue weighted by Crippen LogP contribution is 2.33. The standard InChI is InChI=1S/C15H16ClFO/c1-3-10(2)15(16)12-6-7-14(13(17)8-12)18-9-11-4-5-11/h3,6-8,11,15H,1-2,4-5,9H2. The van der Waals surface area contributed by atoms with Crippen molar-refractivity contribution in [1.82, 2.24) is 0 Å². The van der Waals surface area contributed by atoms with Crippen LogP contribution in [-0.4, -0.2) is 6.61 Å². The third kappa shape index (κ3) is 3.14. The lowest BCUT2D eigenvalue weighted by Gasteiger charge is -2.12. The second-order valence-electron chi connectivity index (χ2n) is 4.59. The summed E-state index contributed by atoms with van der Waals surface area (Å²) in [6, 6.07) is 4.78. The number of rotatable bonds is 6. The predicted molar refractivity (Wildman–Crippen MR) is 72.6 cm³/mol. The van der Waals surface area contributed by atoms with Gasteiger partial charge in [0.25, 0.3) is 0 Å². The van der Waals surface area contributed by atoms with E-state index in [9.17, 15) is 4.39 Å². The van der Waals surface area contributed by atoms with Gasteiger partial charge in [-0.15, -0.1) is 11.6 Å². The molecule has 96 valence electrons. The Morgan fingerprint density at radius 2 is 2.28 bits per heavy atom. The normalized spacial score (nSPS) is 16.1. The van der Waals surface area contributed by atoms with Gasteiger partial charge >= 0.3 is 0 Å². The van der Waals surface area contributed by atoms with E-state index in [-0.39, 0.29) is 5.82 Å². The molecule has 1 nitrogen and oxygen atoms in total. The molecule has 1 aromatic rings. The van der Waals surface area contributed by atoms with Crippen molar-refractivity contribution in [2.24, 2.45) is 5.92 Å². The summed E-state index contributed by atoms with van der Waals surface area (Å²) in [4.78, 5) is 0. The molecule has 1 saturated carbocycles. The molecule has 1 fully saturated rings. The van der Waals surface area contributed by atoms with Crippen LogP contribution >= 0.6 is 11.6 Å². The van der Waals surface area contributed by atoms with Gasteiger partial charge in [-0.25, -0.2) is 4.39 Å². The zero-order valence-electron chi connectivity index (χ0n) is 10.2. The van der Waals surface area contributed by atoms with Crippen LogP contribution in [0.1, 0.15) is 23.8 Å². The van der Waals surface area contributed by atoms with E-state index in [1.807, 2.05) is 0 Å². The summed E-state index contributed by atoms with van der Waals surface area (Å²) in [5.74, 6) is 0.514. The first-order valence-corrected chi connectivity index (χ1v) is 6.43. The zero-order valence-corrected chi connectivity index (χ0v) is 10.9. The molecule has 0 aliphatic heterocycles. The molecule has 3 heteroatoms. The molecule has 0 spiro atoms. The molecule has 1 unspecified atom stereocenters. The van der Waals surface area contributed by atoms with Gasteiger partial charge in [-0.2, -0.15) is 0 Å². The molecule has 1 aliphatic rings. The van der Waals surface area contributed by atoms with Crippen molar-refractivity contribution < 1.29 is 9.13 Å². The first-order chi connectivity index (χ1) is 8.61. The van der Waals surface area contributed by atoms with Crippen molar-refractivity contribution in [3.8, 4) is 5.75 Å². The minimum atomic E-state index is -0.450. The fraction of sp³-hybridized carbons (Fsp3) is 0.333. The van der Waals surface area contributed by atoms with Crippen LogP contribution in [0.4, 0.5) is 4.39 Å². The SMILES string of the molecule is C=CC(=C)C(Cl)c1ccc(OCC2CC2)c(F)c1. The van der Waals surface area contributed by atoms with Gasteiger partial charge in [0.2, 0.25) is 0 Å². The zero-order chi connectivity index (χ0) is 13.1. The van der Waals surface area contributed by atoms with Crippen LogP contribution in [0.5, 0.6) is 5.75 Å². The van der Waals surface area contributed by atoms with E-state index in [2.05, 4.69) is 13.2 Å². The van der Waals surface area contributed by atoms with E-state index in [4.69, 9.17) is 16.3 Å². The lowest BCUT2D eigenvalue weighted by atomic mass is 10.1. The van der Waals surface area contributed by atoms with Crippen molar-refractivity contribution >= 4 is 11.6 Å². The average molecular weight is 267 g/mol. The summed E-state index contributed by atoms with van der Waals surface area (Å²) < 4.78 is 19.2. The van der Waals surface area contributed by atoms with Gasteiger partial charge in [0.15, 0.2) is 11.6 Å². The Balaban J connectivity index is 2.07. The van der Waals surface area contributed by atoms with Crippen molar-refractivity contribution in [3.05, 3.63) is 54.4 Å². The third-order valence-corrected chi connectivity index (χ3v) is 3.54. The fourth-order valence-corrected chi connectivity index (χ4v) is 1.83. The van der Waals surface area contributed by atoms with Gasteiger partial charge in [0.05, 0.1) is 12.0 Å². The van der Waals surface area contributed by atoms with Crippen molar-refractivity contribution in [2.75, 3.05) is 6.61 Å². The van der Waals surface area contributed by atoms with Gasteiger partial charge < -0.3 is 4.74 Å². The Bertz CT molecular complexity index is 466. The molecular formula is C15H16ClFO. The molecule has 0 N–H and O–H groups in total.